The Morgan fingerprint density at radius 1 is 1.36 bits per heavy atom. The van der Waals surface area contributed by atoms with Crippen LogP contribution >= 0.6 is 0 Å². The van der Waals surface area contributed by atoms with Gasteiger partial charge in [-0.1, -0.05) is 13.3 Å². The van der Waals surface area contributed by atoms with Gasteiger partial charge >= 0.3 is 21.7 Å². The van der Waals surface area contributed by atoms with E-state index in [-0.39, 0.29) is 58.9 Å². The molecule has 0 N–H and O–H groups in total. The van der Waals surface area contributed by atoms with Crippen LogP contribution < -0.4 is 37.2 Å². The predicted molar refractivity (Wildman–Crippen MR) is 30.8 cm³/mol. The van der Waals surface area contributed by atoms with Crippen molar-refractivity contribution in [1.82, 2.24) is 0 Å². The molecule has 0 unspecified atom stereocenters. The van der Waals surface area contributed by atoms with E-state index in [2.05, 4.69) is 25.2 Å². The van der Waals surface area contributed by atoms with Gasteiger partial charge in [-0.3, -0.25) is 6.08 Å². The summed E-state index contributed by atoms with van der Waals surface area (Å²) in [4.78, 5) is 0. The summed E-state index contributed by atoms with van der Waals surface area (Å²) >= 11 is 0. The number of halogens is 3. The molecule has 0 aromatic carbocycles. The zero-order chi connectivity index (χ0) is 5.11. The van der Waals surface area contributed by atoms with E-state index in [1.54, 1.807) is 0 Å². The van der Waals surface area contributed by atoms with E-state index in [1.807, 2.05) is 0 Å². The molecule has 0 amide bonds. The van der Waals surface area contributed by atoms with Gasteiger partial charge in [0.15, 0.2) is 0 Å². The number of hydrogen-bond donors (Lipinski definition) is 0. The Morgan fingerprint density at radius 3 is 2.09 bits per heavy atom. The SMILES string of the molecule is CCC1=[C-]CC=C1.[Cl-].[Cl-].[Cl-].[Ti+4]. The molecule has 0 atom stereocenters. The second-order valence-electron chi connectivity index (χ2n) is 1.66. The van der Waals surface area contributed by atoms with E-state index in [1.165, 1.54) is 5.57 Å². The summed E-state index contributed by atoms with van der Waals surface area (Å²) in [6.07, 6.45) is 9.65. The smallest absolute Gasteiger partial charge is 1.00 e. The van der Waals surface area contributed by atoms with Crippen molar-refractivity contribution in [3.63, 3.8) is 0 Å². The van der Waals surface area contributed by atoms with Crippen LogP contribution in [0.1, 0.15) is 19.8 Å². The van der Waals surface area contributed by atoms with Gasteiger partial charge < -0.3 is 37.2 Å². The first kappa shape index (κ1) is 22.7. The summed E-state index contributed by atoms with van der Waals surface area (Å²) in [5, 5.41) is 0. The van der Waals surface area contributed by atoms with E-state index in [9.17, 15) is 0 Å². The minimum absolute atomic E-state index is 0. The maximum atomic E-state index is 3.21. The fourth-order valence-electron chi connectivity index (χ4n) is 0.693. The molecule has 0 nitrogen and oxygen atoms in total. The molecule has 0 saturated heterocycles. The Morgan fingerprint density at radius 2 is 1.91 bits per heavy atom. The van der Waals surface area contributed by atoms with Gasteiger partial charge in [0.2, 0.25) is 0 Å². The molecule has 62 valence electrons. The minimum Gasteiger partial charge on any atom is -1.00 e. The predicted octanol–water partition coefficient (Wildman–Crippen LogP) is -6.90. The molecule has 0 aromatic rings. The average molecular weight is 247 g/mol. The van der Waals surface area contributed by atoms with Gasteiger partial charge in [0.05, 0.1) is 0 Å². The van der Waals surface area contributed by atoms with Gasteiger partial charge in [0.1, 0.15) is 0 Å². The molecule has 0 aliphatic heterocycles. The molecule has 1 rings (SSSR count). The van der Waals surface area contributed by atoms with Crippen molar-refractivity contribution in [2.75, 3.05) is 0 Å². The topological polar surface area (TPSA) is 0 Å². The van der Waals surface area contributed by atoms with Crippen molar-refractivity contribution in [2.24, 2.45) is 0 Å². The van der Waals surface area contributed by atoms with Crippen molar-refractivity contribution in [1.29, 1.82) is 0 Å². The third-order valence-corrected chi connectivity index (χ3v) is 1.15. The maximum Gasteiger partial charge on any atom is 4.00 e. The molecule has 0 radical (unpaired) electrons. The quantitative estimate of drug-likeness (QED) is 0.319. The first-order valence-corrected chi connectivity index (χ1v) is 2.69. The fraction of sp³-hybridized carbons (Fsp3) is 0.429. The Kier molecular flexibility index (Phi) is 28.2. The van der Waals surface area contributed by atoms with Crippen molar-refractivity contribution in [3.8, 4) is 0 Å². The average Bonchev–Trinajstić information content (AvgIpc) is 2.14. The third-order valence-electron chi connectivity index (χ3n) is 1.15. The summed E-state index contributed by atoms with van der Waals surface area (Å²) in [6, 6.07) is 0. The van der Waals surface area contributed by atoms with Crippen LogP contribution in [0.4, 0.5) is 0 Å². The van der Waals surface area contributed by atoms with Crippen LogP contribution in [-0.2, 0) is 21.7 Å². The molecule has 1 aliphatic carbocycles. The molecule has 11 heavy (non-hydrogen) atoms. The molecule has 0 spiro atoms. The molecule has 1 aliphatic rings. The van der Waals surface area contributed by atoms with E-state index < -0.39 is 0 Å². The van der Waals surface area contributed by atoms with Crippen LogP contribution in [0.3, 0.4) is 0 Å². The first-order chi connectivity index (χ1) is 3.43. The molecule has 0 fully saturated rings. The standard InChI is InChI=1S/C7H9.3ClH.Ti/c1-2-7-5-3-4-6-7;;;;/h3,5H,2,4H2,1H3;3*1H;/q-1;;;;+4/p-3. The summed E-state index contributed by atoms with van der Waals surface area (Å²) in [5.74, 6) is 0. The van der Waals surface area contributed by atoms with Gasteiger partial charge in [-0.2, -0.15) is 6.08 Å². The second kappa shape index (κ2) is 13.6. The van der Waals surface area contributed by atoms with Crippen molar-refractivity contribution >= 4 is 0 Å². The van der Waals surface area contributed by atoms with E-state index in [0.717, 1.165) is 12.8 Å². The monoisotopic (exact) mass is 246 g/mol. The Hall–Kier alpha value is 1.06. The Labute approximate surface area is 102 Å². The minimum atomic E-state index is 0. The van der Waals surface area contributed by atoms with Crippen LogP contribution in [0.15, 0.2) is 17.7 Å². The van der Waals surface area contributed by atoms with Crippen LogP contribution in [0, 0.1) is 6.08 Å². The fourth-order valence-corrected chi connectivity index (χ4v) is 0.693. The number of rotatable bonds is 1. The van der Waals surface area contributed by atoms with Gasteiger partial charge in [-0.15, -0.1) is 6.42 Å². The van der Waals surface area contributed by atoms with Crippen molar-refractivity contribution in [3.05, 3.63) is 23.8 Å². The molecular weight excluding hydrogens is 238 g/mol. The normalized spacial score (nSPS) is 11.2. The van der Waals surface area contributed by atoms with Gasteiger partial charge in [0, 0.05) is 0 Å². The largest absolute Gasteiger partial charge is 4.00 e. The van der Waals surface area contributed by atoms with Gasteiger partial charge in [-0.05, 0) is 0 Å². The van der Waals surface area contributed by atoms with E-state index in [0.29, 0.717) is 0 Å². The molecule has 4 heteroatoms. The zero-order valence-electron chi connectivity index (χ0n) is 6.20. The molecule has 0 bridgehead atoms. The van der Waals surface area contributed by atoms with Crippen LogP contribution in [0.25, 0.3) is 0 Å². The van der Waals surface area contributed by atoms with Crippen molar-refractivity contribution < 1.29 is 58.9 Å². The number of allylic oxidation sites excluding steroid dienone is 4. The molecule has 0 aromatic heterocycles. The van der Waals surface area contributed by atoms with Gasteiger partial charge in [-0.25, -0.2) is 11.6 Å². The van der Waals surface area contributed by atoms with Crippen LogP contribution in [0.5, 0.6) is 0 Å². The Balaban J connectivity index is -0.0000000612. The summed E-state index contributed by atoms with van der Waals surface area (Å²) < 4.78 is 0. The molecule has 0 saturated carbocycles. The van der Waals surface area contributed by atoms with E-state index in [4.69, 9.17) is 0 Å². The van der Waals surface area contributed by atoms with E-state index >= 15 is 0 Å². The van der Waals surface area contributed by atoms with Gasteiger partial charge in [0.25, 0.3) is 0 Å². The van der Waals surface area contributed by atoms with Crippen LogP contribution in [-0.4, -0.2) is 0 Å². The molecular formula is C7H9Cl3Ti. The summed E-state index contributed by atoms with van der Waals surface area (Å²) in [5.41, 5.74) is 1.36. The van der Waals surface area contributed by atoms with Crippen molar-refractivity contribution in [2.45, 2.75) is 19.8 Å². The Bertz CT molecular complexity index is 121. The maximum absolute atomic E-state index is 3.21. The molecule has 0 heterocycles. The second-order valence-corrected chi connectivity index (χ2v) is 1.66. The third kappa shape index (κ3) is 8.97. The van der Waals surface area contributed by atoms with Crippen LogP contribution in [0.2, 0.25) is 0 Å². The summed E-state index contributed by atoms with van der Waals surface area (Å²) in [6.45, 7) is 2.15. The first-order valence-electron chi connectivity index (χ1n) is 2.69. The number of hydrogen-bond acceptors (Lipinski definition) is 0. The zero-order valence-corrected chi connectivity index (χ0v) is 10.0. The summed E-state index contributed by atoms with van der Waals surface area (Å²) in [7, 11) is 0.